The van der Waals surface area contributed by atoms with Gasteiger partial charge in [-0.05, 0) is 69.9 Å². The van der Waals surface area contributed by atoms with Crippen LogP contribution >= 0.6 is 0 Å². The second-order valence-corrected chi connectivity index (χ2v) is 14.0. The molecular formula is C44H60N2O10. The quantitative estimate of drug-likeness (QED) is 0.0365. The number of hydrogen-bond acceptors (Lipinski definition) is 10. The summed E-state index contributed by atoms with van der Waals surface area (Å²) in [6.07, 6.45) is 18.8. The monoisotopic (exact) mass is 776 g/mol. The maximum absolute atomic E-state index is 13.4. The number of hydrogen-bond donors (Lipinski definition) is 5. The Balaban J connectivity index is 2.31. The predicted molar refractivity (Wildman–Crippen MR) is 216 cm³/mol. The molecule has 0 unspecified atom stereocenters. The third kappa shape index (κ3) is 16.3. The summed E-state index contributed by atoms with van der Waals surface area (Å²) in [4.78, 5) is 53.5. The number of allylic oxidation sites excluding steroid dienone is 8. The van der Waals surface area contributed by atoms with Gasteiger partial charge in [0.25, 0.3) is 5.91 Å². The highest BCUT2D eigenvalue weighted by Gasteiger charge is 2.27. The lowest BCUT2D eigenvalue weighted by Crippen LogP contribution is -2.37. The van der Waals surface area contributed by atoms with Crippen LogP contribution in [0.15, 0.2) is 103 Å². The van der Waals surface area contributed by atoms with Crippen molar-refractivity contribution >= 4 is 23.9 Å². The van der Waals surface area contributed by atoms with E-state index in [-0.39, 0.29) is 60.2 Å². The lowest BCUT2D eigenvalue weighted by atomic mass is 9.93. The van der Waals surface area contributed by atoms with Gasteiger partial charge in [-0.1, -0.05) is 87.6 Å². The van der Waals surface area contributed by atoms with Crippen molar-refractivity contribution in [1.29, 1.82) is 0 Å². The number of amides is 3. The van der Waals surface area contributed by atoms with Crippen molar-refractivity contribution in [2.75, 3.05) is 0 Å². The molecule has 0 saturated heterocycles. The summed E-state index contributed by atoms with van der Waals surface area (Å²) in [5.74, 6) is -2.85. The first kappa shape index (κ1) is 47.0. The number of aliphatic hydroxyl groups excluding tert-OH is 3. The summed E-state index contributed by atoms with van der Waals surface area (Å²) in [5, 5.41) is 44.6. The molecule has 2 rings (SSSR count). The fourth-order valence-electron chi connectivity index (χ4n) is 5.58. The molecule has 0 aliphatic carbocycles. The number of carbonyl (C=O) groups excluding carboxylic acids is 4. The Bertz CT molecular complexity index is 1670. The van der Waals surface area contributed by atoms with E-state index in [0.717, 1.165) is 11.3 Å². The maximum Gasteiger partial charge on any atom is 0.342 e. The van der Waals surface area contributed by atoms with Crippen LogP contribution in [0, 0.1) is 11.8 Å². The van der Waals surface area contributed by atoms with Gasteiger partial charge in [0.2, 0.25) is 0 Å². The molecule has 0 spiro atoms. The predicted octanol–water partition coefficient (Wildman–Crippen LogP) is 7.79. The standard InChI is InChI=1S/C44H60N2O10/c1-7-9-11-12-25-40(51)46(44(54)45-26-16-22-35(55-42(52)32(5)33(6)47)28-38(49)30(3)18-10-8-2)27-17-23-36-29-39(50)31(4)19-13-14-20-34-21-15-24-37(48)41(34)43(53)56-36/h8-17,21,24-27,30-31,35-36,38-39,47-50H,7,18-20,22-23,28-29H2,1-6H3,(H,45,54)/b10-8+,11-9?,14-13+,25-12-,26-16+,27-17+,33-32-/t30-,31-,35-,36-,38+,39+/m0/s1. The van der Waals surface area contributed by atoms with E-state index in [4.69, 9.17) is 9.47 Å². The van der Waals surface area contributed by atoms with Crippen LogP contribution in [0.3, 0.4) is 0 Å². The Labute approximate surface area is 331 Å². The second kappa shape index (κ2) is 25.1. The summed E-state index contributed by atoms with van der Waals surface area (Å²) in [7, 11) is 0. The number of aromatic hydroxyl groups is 1. The number of esters is 2. The van der Waals surface area contributed by atoms with E-state index < -0.39 is 48.3 Å². The number of fused-ring (bicyclic) bond motifs is 1. The van der Waals surface area contributed by atoms with Crippen molar-refractivity contribution in [3.63, 3.8) is 0 Å². The van der Waals surface area contributed by atoms with Crippen LogP contribution in [0.2, 0.25) is 0 Å². The second-order valence-electron chi connectivity index (χ2n) is 14.0. The van der Waals surface area contributed by atoms with Gasteiger partial charge in [-0.2, -0.15) is 0 Å². The number of urea groups is 1. The van der Waals surface area contributed by atoms with E-state index >= 15 is 0 Å². The van der Waals surface area contributed by atoms with Crippen molar-refractivity contribution in [2.24, 2.45) is 11.8 Å². The molecule has 5 N–H and O–H groups in total. The molecule has 0 radical (unpaired) electrons. The van der Waals surface area contributed by atoms with Gasteiger partial charge in [0.05, 0.1) is 23.5 Å². The number of cyclic esters (lactones) is 1. The van der Waals surface area contributed by atoms with Gasteiger partial charge >= 0.3 is 18.0 Å². The third-order valence-corrected chi connectivity index (χ3v) is 9.36. The number of benzene rings is 1. The van der Waals surface area contributed by atoms with E-state index in [1.54, 1.807) is 18.2 Å². The van der Waals surface area contributed by atoms with Gasteiger partial charge < -0.3 is 35.2 Å². The van der Waals surface area contributed by atoms with Crippen molar-refractivity contribution < 1.29 is 49.1 Å². The van der Waals surface area contributed by atoms with Gasteiger partial charge in [-0.25, -0.2) is 19.3 Å². The van der Waals surface area contributed by atoms with E-state index in [1.165, 1.54) is 56.6 Å². The van der Waals surface area contributed by atoms with E-state index in [1.807, 2.05) is 58.1 Å². The third-order valence-electron chi connectivity index (χ3n) is 9.36. The van der Waals surface area contributed by atoms with Crippen molar-refractivity contribution in [3.05, 3.63) is 114 Å². The number of phenolic OH excluding ortho intramolecular Hbond substituents is 1. The topological polar surface area (TPSA) is 183 Å². The van der Waals surface area contributed by atoms with Crippen LogP contribution < -0.4 is 5.32 Å². The zero-order valence-electron chi connectivity index (χ0n) is 33.5. The molecule has 0 fully saturated rings. The Morgan fingerprint density at radius 2 is 1.84 bits per heavy atom. The first-order chi connectivity index (χ1) is 26.7. The number of rotatable bonds is 16. The summed E-state index contributed by atoms with van der Waals surface area (Å²) in [6, 6.07) is 3.97. The Morgan fingerprint density at radius 3 is 2.54 bits per heavy atom. The minimum absolute atomic E-state index is 0.0295. The average Bonchev–Trinajstić information content (AvgIpc) is 3.15. The molecule has 0 bridgehead atoms. The fraction of sp³-hybridized carbons (Fsp3) is 0.455. The normalized spacial score (nSPS) is 20.9. The molecule has 6 atom stereocenters. The lowest BCUT2D eigenvalue weighted by Gasteiger charge is -2.24. The Morgan fingerprint density at radius 1 is 1.09 bits per heavy atom. The zero-order chi connectivity index (χ0) is 41.6. The van der Waals surface area contributed by atoms with E-state index in [0.29, 0.717) is 24.8 Å². The number of nitrogens with zero attached hydrogens (tertiary/aromatic N) is 1. The molecule has 1 aromatic rings. The highest BCUT2D eigenvalue weighted by Crippen LogP contribution is 2.27. The molecule has 0 saturated carbocycles. The van der Waals surface area contributed by atoms with Crippen LogP contribution in [0.4, 0.5) is 4.79 Å². The Hall–Kier alpha value is -5.20. The van der Waals surface area contributed by atoms with Gasteiger partial charge in [0, 0.05) is 44.2 Å². The van der Waals surface area contributed by atoms with E-state index in [2.05, 4.69) is 5.32 Å². The summed E-state index contributed by atoms with van der Waals surface area (Å²) in [5.41, 5.74) is 0.653. The molecule has 1 heterocycles. The molecule has 12 heteroatoms. The molecule has 1 aliphatic rings. The number of nitrogens with one attached hydrogen (secondary N) is 1. The summed E-state index contributed by atoms with van der Waals surface area (Å²) in [6.45, 7) is 10.4. The first-order valence-corrected chi connectivity index (χ1v) is 19.2. The average molecular weight is 777 g/mol. The van der Waals surface area contributed by atoms with Gasteiger partial charge in [0.15, 0.2) is 0 Å². The van der Waals surface area contributed by atoms with Gasteiger partial charge in [-0.3, -0.25) is 4.79 Å². The number of carbonyl (C=O) groups is 4. The fourth-order valence-corrected chi connectivity index (χ4v) is 5.58. The zero-order valence-corrected chi connectivity index (χ0v) is 33.5. The van der Waals surface area contributed by atoms with Gasteiger partial charge in [-0.15, -0.1) is 0 Å². The summed E-state index contributed by atoms with van der Waals surface area (Å²) < 4.78 is 11.4. The SMILES string of the molecule is C/C=C/C[C@H](C)[C@H](O)C[C@H](C/C=C/NC(=O)N(/C=C/C[C@H]1C[C@@H](O)[C@@H](C)C/C=C/Cc2cccc(O)c2C(=O)O1)C(=O)/C=C\C=CCC)OC(=O)/C(C)=C(/C)O. The largest absolute Gasteiger partial charge is 0.512 e. The van der Waals surface area contributed by atoms with Crippen LogP contribution in [-0.4, -0.2) is 73.6 Å². The van der Waals surface area contributed by atoms with Gasteiger partial charge in [0.1, 0.15) is 23.5 Å². The molecule has 306 valence electrons. The molecule has 56 heavy (non-hydrogen) atoms. The molecule has 12 nitrogen and oxygen atoms in total. The molecule has 0 aromatic heterocycles. The van der Waals surface area contributed by atoms with Crippen LogP contribution in [0.1, 0.15) is 102 Å². The number of aliphatic hydroxyl groups is 3. The van der Waals surface area contributed by atoms with Crippen molar-refractivity contribution in [1.82, 2.24) is 10.2 Å². The first-order valence-electron chi connectivity index (χ1n) is 19.2. The molecule has 1 aliphatic heterocycles. The Kier molecular flexibility index (Phi) is 21.0. The van der Waals surface area contributed by atoms with Crippen molar-refractivity contribution in [2.45, 2.75) is 117 Å². The lowest BCUT2D eigenvalue weighted by molar-refractivity contribution is -0.146. The minimum atomic E-state index is -0.862. The highest BCUT2D eigenvalue weighted by atomic mass is 16.5. The molecular weight excluding hydrogens is 716 g/mol. The molecule has 3 amide bonds. The summed E-state index contributed by atoms with van der Waals surface area (Å²) >= 11 is 0. The number of imide groups is 1. The smallest absolute Gasteiger partial charge is 0.342 e. The van der Waals surface area contributed by atoms with Crippen molar-refractivity contribution in [3.8, 4) is 5.75 Å². The minimum Gasteiger partial charge on any atom is -0.512 e. The molecule has 1 aromatic carbocycles. The number of phenols is 1. The van der Waals surface area contributed by atoms with Crippen LogP contribution in [0.5, 0.6) is 5.75 Å². The van der Waals surface area contributed by atoms with E-state index in [9.17, 15) is 39.6 Å². The highest BCUT2D eigenvalue weighted by molar-refractivity contribution is 6.01. The van der Waals surface area contributed by atoms with Crippen LogP contribution in [0.25, 0.3) is 0 Å². The number of ether oxygens (including phenoxy) is 2. The maximum atomic E-state index is 13.4. The van der Waals surface area contributed by atoms with Crippen LogP contribution in [-0.2, 0) is 25.5 Å².